The molecule has 0 aromatic heterocycles. The Morgan fingerprint density at radius 2 is 1.69 bits per heavy atom. The summed E-state index contributed by atoms with van der Waals surface area (Å²) in [7, 11) is 3.76. The van der Waals surface area contributed by atoms with Crippen molar-refractivity contribution >= 4 is 5.97 Å². The number of aliphatic carboxylic acids is 1. The van der Waals surface area contributed by atoms with E-state index in [1.165, 1.54) is 0 Å². The van der Waals surface area contributed by atoms with Crippen molar-refractivity contribution in [2.24, 2.45) is 11.3 Å². The third kappa shape index (κ3) is 2.40. The Hall–Kier alpha value is -0.570. The summed E-state index contributed by atoms with van der Waals surface area (Å²) in [5.41, 5.74) is -0.321. The van der Waals surface area contributed by atoms with E-state index < -0.39 is 11.5 Å². The van der Waals surface area contributed by atoms with Gasteiger partial charge in [0.05, 0.1) is 0 Å². The Labute approximate surface area is 98.8 Å². The molecule has 1 rings (SSSR count). The summed E-state index contributed by atoms with van der Waals surface area (Å²) in [6.45, 7) is 6.75. The van der Waals surface area contributed by atoms with Crippen LogP contribution in [0, 0.1) is 11.3 Å². The molecule has 0 amide bonds. The molecule has 16 heavy (non-hydrogen) atoms. The number of hydrogen-bond acceptors (Lipinski definition) is 2. The summed E-state index contributed by atoms with van der Waals surface area (Å²) in [4.78, 5) is 13.3. The Bertz CT molecular complexity index is 258. The number of hydrogen-bond donors (Lipinski definition) is 1. The lowest BCUT2D eigenvalue weighted by atomic mass is 9.67. The predicted molar refractivity (Wildman–Crippen MR) is 65.5 cm³/mol. The van der Waals surface area contributed by atoms with Crippen LogP contribution < -0.4 is 0 Å². The van der Waals surface area contributed by atoms with Gasteiger partial charge in [-0.1, -0.05) is 20.8 Å². The lowest BCUT2D eigenvalue weighted by Crippen LogP contribution is -2.54. The zero-order valence-electron chi connectivity index (χ0n) is 11.2. The first-order valence-corrected chi connectivity index (χ1v) is 6.11. The minimum atomic E-state index is -0.662. The zero-order chi connectivity index (χ0) is 12.6. The fourth-order valence-corrected chi connectivity index (χ4v) is 2.81. The lowest BCUT2D eigenvalue weighted by molar-refractivity contribution is -0.153. The van der Waals surface area contributed by atoms with Crippen LogP contribution in [-0.2, 0) is 4.79 Å². The summed E-state index contributed by atoms with van der Waals surface area (Å²) >= 11 is 0. The molecule has 0 bridgehead atoms. The third-order valence-electron chi connectivity index (χ3n) is 4.29. The van der Waals surface area contributed by atoms with Gasteiger partial charge in [-0.2, -0.15) is 0 Å². The highest BCUT2D eigenvalue weighted by molar-refractivity contribution is 5.78. The molecule has 0 saturated heterocycles. The van der Waals surface area contributed by atoms with Crippen LogP contribution in [0.2, 0.25) is 0 Å². The molecule has 0 unspecified atom stereocenters. The van der Waals surface area contributed by atoms with Crippen LogP contribution in [0.3, 0.4) is 0 Å². The quantitative estimate of drug-likeness (QED) is 0.788. The molecule has 1 aliphatic rings. The molecule has 94 valence electrons. The van der Waals surface area contributed by atoms with Crippen LogP contribution in [-0.4, -0.2) is 35.6 Å². The normalized spacial score (nSPS) is 31.8. The number of nitrogens with zero attached hydrogens (tertiary/aromatic N) is 1. The second-order valence-electron chi connectivity index (χ2n) is 6.37. The second-order valence-corrected chi connectivity index (χ2v) is 6.37. The van der Waals surface area contributed by atoms with Crippen LogP contribution in [0.25, 0.3) is 0 Å². The van der Waals surface area contributed by atoms with Gasteiger partial charge in [-0.25, -0.2) is 0 Å². The van der Waals surface area contributed by atoms with Crippen molar-refractivity contribution < 1.29 is 9.90 Å². The highest BCUT2D eigenvalue weighted by Gasteiger charge is 2.45. The molecule has 3 nitrogen and oxygen atoms in total. The van der Waals surface area contributed by atoms with Gasteiger partial charge in [0, 0.05) is 0 Å². The summed E-state index contributed by atoms with van der Waals surface area (Å²) in [5.74, 6) is -0.00946. The number of carbonyl (C=O) groups is 1. The molecule has 0 aromatic rings. The van der Waals surface area contributed by atoms with Gasteiger partial charge in [-0.15, -0.1) is 0 Å². The van der Waals surface area contributed by atoms with Crippen LogP contribution in [0.4, 0.5) is 0 Å². The van der Waals surface area contributed by atoms with E-state index in [0.29, 0.717) is 11.3 Å². The van der Waals surface area contributed by atoms with Crippen molar-refractivity contribution in [3.8, 4) is 0 Å². The SMILES string of the molecule is CN(C)C1(C(=O)O)CCC(C(C)(C)C)CC1. The molecular weight excluding hydrogens is 202 g/mol. The van der Waals surface area contributed by atoms with Crippen molar-refractivity contribution in [3.63, 3.8) is 0 Å². The molecule has 1 saturated carbocycles. The molecule has 3 heteroatoms. The average molecular weight is 227 g/mol. The maximum atomic E-state index is 11.4. The third-order valence-corrected chi connectivity index (χ3v) is 4.29. The maximum Gasteiger partial charge on any atom is 0.324 e. The molecule has 0 radical (unpaired) electrons. The maximum absolute atomic E-state index is 11.4. The fraction of sp³-hybridized carbons (Fsp3) is 0.923. The van der Waals surface area contributed by atoms with E-state index in [1.54, 1.807) is 0 Å². The van der Waals surface area contributed by atoms with Gasteiger partial charge < -0.3 is 5.11 Å². The Balaban J connectivity index is 2.75. The monoisotopic (exact) mass is 227 g/mol. The van der Waals surface area contributed by atoms with E-state index in [4.69, 9.17) is 0 Å². The molecular formula is C13H25NO2. The Morgan fingerprint density at radius 1 is 1.25 bits per heavy atom. The first kappa shape index (κ1) is 13.5. The van der Waals surface area contributed by atoms with Gasteiger partial charge in [-0.05, 0) is 51.1 Å². The number of carboxylic acid groups (broad SMARTS) is 1. The summed E-state index contributed by atoms with van der Waals surface area (Å²) in [6, 6.07) is 0. The first-order valence-electron chi connectivity index (χ1n) is 6.11. The lowest BCUT2D eigenvalue weighted by Gasteiger charge is -2.44. The number of rotatable bonds is 2. The molecule has 0 heterocycles. The van der Waals surface area contributed by atoms with E-state index in [0.717, 1.165) is 25.7 Å². The summed E-state index contributed by atoms with van der Waals surface area (Å²) < 4.78 is 0. The highest BCUT2D eigenvalue weighted by Crippen LogP contribution is 2.43. The summed E-state index contributed by atoms with van der Waals surface area (Å²) in [6.07, 6.45) is 3.59. The molecule has 0 spiro atoms. The Kier molecular flexibility index (Phi) is 3.68. The minimum absolute atomic E-state index is 0.303. The molecule has 0 aliphatic heterocycles. The van der Waals surface area contributed by atoms with E-state index in [1.807, 2.05) is 19.0 Å². The van der Waals surface area contributed by atoms with E-state index in [2.05, 4.69) is 20.8 Å². The van der Waals surface area contributed by atoms with Crippen LogP contribution >= 0.6 is 0 Å². The largest absolute Gasteiger partial charge is 0.480 e. The zero-order valence-corrected chi connectivity index (χ0v) is 11.2. The fourth-order valence-electron chi connectivity index (χ4n) is 2.81. The molecule has 1 aliphatic carbocycles. The van der Waals surface area contributed by atoms with Gasteiger partial charge >= 0.3 is 5.97 Å². The Morgan fingerprint density at radius 3 is 1.94 bits per heavy atom. The van der Waals surface area contributed by atoms with Gasteiger partial charge in [0.1, 0.15) is 5.54 Å². The van der Waals surface area contributed by atoms with E-state index in [-0.39, 0.29) is 0 Å². The number of likely N-dealkylation sites (N-methyl/N-ethyl adjacent to an activating group) is 1. The van der Waals surface area contributed by atoms with Crippen molar-refractivity contribution in [2.45, 2.75) is 52.0 Å². The average Bonchev–Trinajstić information content (AvgIpc) is 2.15. The van der Waals surface area contributed by atoms with Crippen molar-refractivity contribution in [1.29, 1.82) is 0 Å². The van der Waals surface area contributed by atoms with E-state index in [9.17, 15) is 9.90 Å². The van der Waals surface area contributed by atoms with Gasteiger partial charge in [0.15, 0.2) is 0 Å². The van der Waals surface area contributed by atoms with Crippen molar-refractivity contribution in [1.82, 2.24) is 4.90 Å². The molecule has 1 fully saturated rings. The van der Waals surface area contributed by atoms with Crippen LogP contribution in [0.15, 0.2) is 0 Å². The highest BCUT2D eigenvalue weighted by atomic mass is 16.4. The number of carboxylic acids is 1. The predicted octanol–water partition coefficient (Wildman–Crippen LogP) is 2.61. The minimum Gasteiger partial charge on any atom is -0.480 e. The van der Waals surface area contributed by atoms with Gasteiger partial charge in [-0.3, -0.25) is 9.69 Å². The standard InChI is InChI=1S/C13H25NO2/c1-12(2,3)10-6-8-13(9-7-10,11(15)16)14(4)5/h10H,6-9H2,1-5H3,(H,15,16). The van der Waals surface area contributed by atoms with Gasteiger partial charge in [0.2, 0.25) is 0 Å². The smallest absolute Gasteiger partial charge is 0.324 e. The molecule has 1 N–H and O–H groups in total. The van der Waals surface area contributed by atoms with Crippen molar-refractivity contribution in [2.75, 3.05) is 14.1 Å². The topological polar surface area (TPSA) is 40.5 Å². The molecule has 0 aromatic carbocycles. The van der Waals surface area contributed by atoms with Gasteiger partial charge in [0.25, 0.3) is 0 Å². The first-order chi connectivity index (χ1) is 7.20. The molecule has 0 atom stereocenters. The second kappa shape index (κ2) is 4.36. The van der Waals surface area contributed by atoms with Crippen molar-refractivity contribution in [3.05, 3.63) is 0 Å². The van der Waals surface area contributed by atoms with Crippen LogP contribution in [0.5, 0.6) is 0 Å². The van der Waals surface area contributed by atoms with E-state index >= 15 is 0 Å². The summed E-state index contributed by atoms with van der Waals surface area (Å²) in [5, 5.41) is 9.41. The van der Waals surface area contributed by atoms with Crippen LogP contribution in [0.1, 0.15) is 46.5 Å².